The van der Waals surface area contributed by atoms with E-state index < -0.39 is 0 Å². The first-order valence-electron chi connectivity index (χ1n) is 5.86. The summed E-state index contributed by atoms with van der Waals surface area (Å²) in [5, 5.41) is 27.9. The Labute approximate surface area is 122 Å². The molecule has 0 radical (unpaired) electrons. The van der Waals surface area contributed by atoms with Gasteiger partial charge in [-0.05, 0) is 29.8 Å². The van der Waals surface area contributed by atoms with Gasteiger partial charge in [-0.3, -0.25) is 4.79 Å². The largest absolute Gasteiger partial charge is 0.411 e. The van der Waals surface area contributed by atoms with E-state index in [1.807, 2.05) is 12.1 Å². The van der Waals surface area contributed by atoms with Crippen molar-refractivity contribution in [1.82, 2.24) is 0 Å². The minimum atomic E-state index is 0.518. The first kappa shape index (κ1) is 15.6. The average Bonchev–Trinajstić information content (AvgIpc) is 2.56. The van der Waals surface area contributed by atoms with E-state index in [4.69, 9.17) is 15.7 Å². The van der Waals surface area contributed by atoms with Crippen LogP contribution in [-0.4, -0.2) is 17.7 Å². The van der Waals surface area contributed by atoms with Crippen LogP contribution in [0, 0.1) is 22.7 Å². The van der Waals surface area contributed by atoms with E-state index in [9.17, 15) is 4.79 Å². The standard InChI is InChI=1S/C8H6N2O.C8H5NO/c9-5-7-2-1-3-8(4-7)6-10-11;9-5-7-2-1-3-8(4-7)6-10/h1-4,6,11H;1-4,6H/b10-6+;. The van der Waals surface area contributed by atoms with Crippen molar-refractivity contribution in [3.63, 3.8) is 0 Å². The summed E-state index contributed by atoms with van der Waals surface area (Å²) in [5.74, 6) is 0. The number of oxime groups is 1. The first-order chi connectivity index (χ1) is 10.2. The third-order valence-electron chi connectivity index (χ3n) is 2.37. The Morgan fingerprint density at radius 1 is 0.952 bits per heavy atom. The molecule has 0 aliphatic carbocycles. The van der Waals surface area contributed by atoms with Gasteiger partial charge in [0.1, 0.15) is 6.29 Å². The van der Waals surface area contributed by atoms with Crippen LogP contribution in [0.25, 0.3) is 0 Å². The van der Waals surface area contributed by atoms with Gasteiger partial charge in [0.2, 0.25) is 0 Å². The molecule has 0 spiro atoms. The van der Waals surface area contributed by atoms with Crippen LogP contribution >= 0.6 is 0 Å². The van der Waals surface area contributed by atoms with Crippen LogP contribution in [0.1, 0.15) is 27.0 Å². The number of carbonyl (C=O) groups is 1. The Morgan fingerprint density at radius 2 is 1.48 bits per heavy atom. The Morgan fingerprint density at radius 3 is 1.95 bits per heavy atom. The fraction of sp³-hybridized carbons (Fsp3) is 0. The molecule has 0 unspecified atom stereocenters. The molecule has 2 aromatic rings. The van der Waals surface area contributed by atoms with E-state index in [1.54, 1.807) is 48.5 Å². The van der Waals surface area contributed by atoms with E-state index in [2.05, 4.69) is 5.16 Å². The third-order valence-corrected chi connectivity index (χ3v) is 2.37. The van der Waals surface area contributed by atoms with Gasteiger partial charge in [-0.2, -0.15) is 10.5 Å². The Hall–Kier alpha value is -3.44. The second-order valence-electron chi connectivity index (χ2n) is 3.84. The second kappa shape index (κ2) is 8.63. The van der Waals surface area contributed by atoms with Crippen LogP contribution in [-0.2, 0) is 0 Å². The fourth-order valence-electron chi connectivity index (χ4n) is 1.44. The van der Waals surface area contributed by atoms with E-state index >= 15 is 0 Å². The van der Waals surface area contributed by atoms with Gasteiger partial charge in [-0.25, -0.2) is 0 Å². The Kier molecular flexibility index (Phi) is 6.41. The predicted octanol–water partition coefficient (Wildman–Crippen LogP) is 2.74. The van der Waals surface area contributed by atoms with Gasteiger partial charge in [-0.15, -0.1) is 0 Å². The third kappa shape index (κ3) is 5.37. The van der Waals surface area contributed by atoms with Gasteiger partial charge in [0.05, 0.1) is 29.5 Å². The zero-order valence-electron chi connectivity index (χ0n) is 11.0. The molecular weight excluding hydrogens is 266 g/mol. The summed E-state index contributed by atoms with van der Waals surface area (Å²) in [5.41, 5.74) is 2.33. The Balaban J connectivity index is 0.000000211. The number of hydrogen-bond donors (Lipinski definition) is 1. The van der Waals surface area contributed by atoms with Gasteiger partial charge in [-0.1, -0.05) is 29.4 Å². The number of nitrogens with zero attached hydrogens (tertiary/aromatic N) is 3. The van der Waals surface area contributed by atoms with E-state index in [1.165, 1.54) is 6.21 Å². The first-order valence-corrected chi connectivity index (χ1v) is 5.86. The lowest BCUT2D eigenvalue weighted by Gasteiger charge is -1.90. The lowest BCUT2D eigenvalue weighted by atomic mass is 10.1. The predicted molar refractivity (Wildman–Crippen MR) is 77.1 cm³/mol. The van der Waals surface area contributed by atoms with Crippen LogP contribution in [0.4, 0.5) is 0 Å². The molecule has 0 heterocycles. The fourth-order valence-corrected chi connectivity index (χ4v) is 1.44. The summed E-state index contributed by atoms with van der Waals surface area (Å²) >= 11 is 0. The van der Waals surface area contributed by atoms with Crippen molar-refractivity contribution in [1.29, 1.82) is 10.5 Å². The van der Waals surface area contributed by atoms with Crippen LogP contribution in [0.15, 0.2) is 53.7 Å². The molecule has 0 saturated carbocycles. The zero-order chi connectivity index (χ0) is 15.5. The van der Waals surface area contributed by atoms with Crippen molar-refractivity contribution in [3.8, 4) is 12.1 Å². The highest BCUT2D eigenvalue weighted by Crippen LogP contribution is 2.01. The molecule has 0 amide bonds. The molecule has 2 aromatic carbocycles. The molecule has 0 saturated heterocycles. The quantitative estimate of drug-likeness (QED) is 0.395. The summed E-state index contributed by atoms with van der Waals surface area (Å²) in [6.07, 6.45) is 2.00. The number of benzene rings is 2. The van der Waals surface area contributed by atoms with Gasteiger partial charge >= 0.3 is 0 Å². The molecule has 0 fully saturated rings. The van der Waals surface area contributed by atoms with Gasteiger partial charge < -0.3 is 5.21 Å². The van der Waals surface area contributed by atoms with Crippen molar-refractivity contribution in [2.24, 2.45) is 5.16 Å². The summed E-state index contributed by atoms with van der Waals surface area (Å²) in [6.45, 7) is 0. The SMILES string of the molecule is N#Cc1cccc(/C=N/O)c1.N#Cc1cccc(C=O)c1. The number of nitriles is 2. The van der Waals surface area contributed by atoms with Gasteiger partial charge in [0.25, 0.3) is 0 Å². The van der Waals surface area contributed by atoms with E-state index in [0.29, 0.717) is 22.3 Å². The summed E-state index contributed by atoms with van der Waals surface area (Å²) in [6, 6.07) is 17.3. The maximum atomic E-state index is 10.2. The monoisotopic (exact) mass is 277 g/mol. The molecule has 2 rings (SSSR count). The van der Waals surface area contributed by atoms with Crippen molar-refractivity contribution < 1.29 is 10.0 Å². The van der Waals surface area contributed by atoms with Crippen molar-refractivity contribution >= 4 is 12.5 Å². The minimum absolute atomic E-state index is 0.518. The molecule has 0 aliphatic heterocycles. The van der Waals surface area contributed by atoms with Crippen LogP contribution in [0.3, 0.4) is 0 Å². The molecule has 0 atom stereocenters. The lowest BCUT2D eigenvalue weighted by molar-refractivity contribution is 0.112. The summed E-state index contributed by atoms with van der Waals surface area (Å²) in [7, 11) is 0. The Bertz CT molecular complexity index is 725. The molecule has 0 aliphatic rings. The highest BCUT2D eigenvalue weighted by atomic mass is 16.4. The minimum Gasteiger partial charge on any atom is -0.411 e. The topological polar surface area (TPSA) is 97.2 Å². The number of rotatable bonds is 2. The molecule has 5 nitrogen and oxygen atoms in total. The molecule has 1 N–H and O–H groups in total. The molecule has 21 heavy (non-hydrogen) atoms. The van der Waals surface area contributed by atoms with Crippen molar-refractivity contribution in [2.75, 3.05) is 0 Å². The highest BCUT2D eigenvalue weighted by molar-refractivity contribution is 5.79. The molecule has 5 heteroatoms. The smallest absolute Gasteiger partial charge is 0.150 e. The lowest BCUT2D eigenvalue weighted by Crippen LogP contribution is -1.81. The maximum absolute atomic E-state index is 10.2. The average molecular weight is 277 g/mol. The summed E-state index contributed by atoms with van der Waals surface area (Å²) < 4.78 is 0. The van der Waals surface area contributed by atoms with Gasteiger partial charge in [0, 0.05) is 5.56 Å². The number of carbonyl (C=O) groups excluding carboxylic acids is 1. The van der Waals surface area contributed by atoms with Crippen molar-refractivity contribution in [3.05, 3.63) is 70.8 Å². The van der Waals surface area contributed by atoms with E-state index in [0.717, 1.165) is 6.29 Å². The highest BCUT2D eigenvalue weighted by Gasteiger charge is 1.91. The number of aldehydes is 1. The van der Waals surface area contributed by atoms with E-state index in [-0.39, 0.29) is 0 Å². The normalized spacial score (nSPS) is 9.05. The van der Waals surface area contributed by atoms with Crippen LogP contribution < -0.4 is 0 Å². The maximum Gasteiger partial charge on any atom is 0.150 e. The molecule has 0 bridgehead atoms. The van der Waals surface area contributed by atoms with Crippen molar-refractivity contribution in [2.45, 2.75) is 0 Å². The molecule has 102 valence electrons. The van der Waals surface area contributed by atoms with Gasteiger partial charge in [0.15, 0.2) is 0 Å². The van der Waals surface area contributed by atoms with Crippen LogP contribution in [0.5, 0.6) is 0 Å². The zero-order valence-corrected chi connectivity index (χ0v) is 11.0. The molecular formula is C16H11N3O2. The summed E-state index contributed by atoms with van der Waals surface area (Å²) in [4.78, 5) is 10.2. The second-order valence-corrected chi connectivity index (χ2v) is 3.84. The number of hydrogen-bond acceptors (Lipinski definition) is 5. The van der Waals surface area contributed by atoms with Crippen LogP contribution in [0.2, 0.25) is 0 Å². The molecule has 0 aromatic heterocycles.